The van der Waals surface area contributed by atoms with E-state index in [2.05, 4.69) is 4.90 Å². The molecule has 0 unspecified atom stereocenters. The van der Waals surface area contributed by atoms with Crippen LogP contribution in [-0.2, 0) is 0 Å². The molecule has 1 aromatic carbocycles. The Morgan fingerprint density at radius 3 is 2.44 bits per heavy atom. The highest BCUT2D eigenvalue weighted by molar-refractivity contribution is 8.00. The third-order valence-electron chi connectivity index (χ3n) is 2.52. The fourth-order valence-electron chi connectivity index (χ4n) is 1.85. The normalized spacial score (nSPS) is 16.8. The Hall–Kier alpha value is -0.840. The second-order valence-electron chi connectivity index (χ2n) is 3.74. The molecule has 0 atom stereocenters. The van der Waals surface area contributed by atoms with E-state index in [-0.39, 0.29) is 16.7 Å². The summed E-state index contributed by atoms with van der Waals surface area (Å²) in [6.07, 6.45) is 2.24. The van der Waals surface area contributed by atoms with Gasteiger partial charge >= 0.3 is 5.51 Å². The summed E-state index contributed by atoms with van der Waals surface area (Å²) in [4.78, 5) is 2.39. The van der Waals surface area contributed by atoms with Crippen molar-refractivity contribution in [2.45, 2.75) is 23.2 Å². The minimum Gasteiger partial charge on any atom is -0.372 e. The number of halogens is 3. The number of hydrogen-bond acceptors (Lipinski definition) is 2. The zero-order valence-corrected chi connectivity index (χ0v) is 9.44. The summed E-state index contributed by atoms with van der Waals surface area (Å²) in [5.41, 5.74) is -3.31. The molecule has 0 amide bonds. The molecule has 1 aliphatic rings. The molecule has 0 bridgehead atoms. The van der Waals surface area contributed by atoms with Gasteiger partial charge in [-0.2, -0.15) is 13.2 Å². The van der Waals surface area contributed by atoms with Crippen molar-refractivity contribution in [3.8, 4) is 0 Å². The van der Waals surface area contributed by atoms with Gasteiger partial charge in [-0.25, -0.2) is 0 Å². The van der Waals surface area contributed by atoms with Crippen molar-refractivity contribution in [2.24, 2.45) is 0 Å². The summed E-state index contributed by atoms with van der Waals surface area (Å²) in [6.45, 7) is 1.89. The largest absolute Gasteiger partial charge is 0.446 e. The molecule has 0 radical (unpaired) electrons. The standard InChI is InChI=1S/C11H12F3NS/c12-11(13,14)16-10-5-3-4-9(8-10)15-6-1-2-7-15/h3-5,8H,1-2,6-7H2. The number of alkyl halides is 3. The molecular weight excluding hydrogens is 235 g/mol. The van der Waals surface area contributed by atoms with Gasteiger partial charge in [-0.15, -0.1) is 0 Å². The predicted molar refractivity (Wildman–Crippen MR) is 59.8 cm³/mol. The van der Waals surface area contributed by atoms with Crippen LogP contribution in [0.1, 0.15) is 12.8 Å². The molecule has 0 N–H and O–H groups in total. The lowest BCUT2D eigenvalue weighted by molar-refractivity contribution is -0.0328. The molecule has 5 heteroatoms. The number of nitrogens with zero attached hydrogens (tertiary/aromatic N) is 1. The monoisotopic (exact) mass is 247 g/mol. The van der Waals surface area contributed by atoms with Crippen LogP contribution in [0.15, 0.2) is 29.2 Å². The minimum absolute atomic E-state index is 0.0530. The summed E-state index contributed by atoms with van der Waals surface area (Å²) in [7, 11) is 0. The van der Waals surface area contributed by atoms with Crippen molar-refractivity contribution in [3.63, 3.8) is 0 Å². The summed E-state index contributed by atoms with van der Waals surface area (Å²) in [6, 6.07) is 6.66. The smallest absolute Gasteiger partial charge is 0.372 e. The lowest BCUT2D eigenvalue weighted by atomic mass is 10.3. The highest BCUT2D eigenvalue weighted by atomic mass is 32.2. The average Bonchev–Trinajstić information content (AvgIpc) is 2.68. The predicted octanol–water partition coefficient (Wildman–Crippen LogP) is 3.90. The third kappa shape index (κ3) is 3.07. The Kier molecular flexibility index (Phi) is 3.33. The van der Waals surface area contributed by atoms with E-state index in [1.807, 2.05) is 6.07 Å². The molecule has 1 aliphatic heterocycles. The van der Waals surface area contributed by atoms with E-state index in [0.29, 0.717) is 0 Å². The topological polar surface area (TPSA) is 3.24 Å². The van der Waals surface area contributed by atoms with Gasteiger partial charge in [0.1, 0.15) is 0 Å². The van der Waals surface area contributed by atoms with Crippen LogP contribution in [0.3, 0.4) is 0 Å². The summed E-state index contributed by atoms with van der Waals surface area (Å²) in [5, 5.41) is 0. The number of benzene rings is 1. The summed E-state index contributed by atoms with van der Waals surface area (Å²) in [5.74, 6) is 0. The number of hydrogen-bond donors (Lipinski definition) is 0. The Bertz CT molecular complexity index is 358. The fourth-order valence-corrected chi connectivity index (χ4v) is 2.45. The first-order valence-electron chi connectivity index (χ1n) is 5.15. The molecule has 88 valence electrons. The average molecular weight is 247 g/mol. The van der Waals surface area contributed by atoms with Crippen LogP contribution in [0, 0.1) is 0 Å². The van der Waals surface area contributed by atoms with E-state index in [1.54, 1.807) is 12.1 Å². The van der Waals surface area contributed by atoms with Gasteiger partial charge in [-0.05, 0) is 42.8 Å². The van der Waals surface area contributed by atoms with Gasteiger partial charge in [0.05, 0.1) is 0 Å². The number of thioether (sulfide) groups is 1. The van der Waals surface area contributed by atoms with Gasteiger partial charge in [-0.1, -0.05) is 6.07 Å². The molecule has 16 heavy (non-hydrogen) atoms. The van der Waals surface area contributed by atoms with Crippen molar-refractivity contribution >= 4 is 17.4 Å². The molecule has 1 heterocycles. The summed E-state index contributed by atoms with van der Waals surface area (Å²) >= 11 is -0.0530. The molecule has 1 aromatic rings. The molecule has 0 saturated carbocycles. The van der Waals surface area contributed by atoms with Crippen LogP contribution in [0.25, 0.3) is 0 Å². The van der Waals surface area contributed by atoms with Gasteiger partial charge in [0.25, 0.3) is 0 Å². The van der Waals surface area contributed by atoms with Gasteiger partial charge in [0.2, 0.25) is 0 Å². The van der Waals surface area contributed by atoms with Crippen molar-refractivity contribution in [1.29, 1.82) is 0 Å². The highest BCUT2D eigenvalue weighted by Crippen LogP contribution is 2.38. The zero-order chi connectivity index (χ0) is 11.6. The Morgan fingerprint density at radius 1 is 1.12 bits per heavy atom. The zero-order valence-electron chi connectivity index (χ0n) is 8.63. The van der Waals surface area contributed by atoms with Crippen molar-refractivity contribution in [1.82, 2.24) is 0 Å². The molecule has 2 rings (SSSR count). The number of anilines is 1. The first-order chi connectivity index (χ1) is 7.54. The molecule has 1 fully saturated rings. The van der Waals surface area contributed by atoms with Crippen LogP contribution in [0.2, 0.25) is 0 Å². The van der Waals surface area contributed by atoms with Crippen LogP contribution in [-0.4, -0.2) is 18.6 Å². The summed E-state index contributed by atoms with van der Waals surface area (Å²) < 4.78 is 36.6. The van der Waals surface area contributed by atoms with Crippen molar-refractivity contribution in [3.05, 3.63) is 24.3 Å². The lowest BCUT2D eigenvalue weighted by Gasteiger charge is -2.18. The Morgan fingerprint density at radius 2 is 1.81 bits per heavy atom. The Balaban J connectivity index is 2.12. The first-order valence-corrected chi connectivity index (χ1v) is 5.97. The van der Waals surface area contributed by atoms with E-state index in [1.165, 1.54) is 6.07 Å². The molecular formula is C11H12F3NS. The van der Waals surface area contributed by atoms with E-state index >= 15 is 0 Å². The van der Waals surface area contributed by atoms with E-state index in [0.717, 1.165) is 31.6 Å². The SMILES string of the molecule is FC(F)(F)Sc1cccc(N2CCCC2)c1. The Labute approximate surface area is 96.6 Å². The molecule has 0 spiro atoms. The van der Waals surface area contributed by atoms with Crippen LogP contribution in [0.4, 0.5) is 18.9 Å². The lowest BCUT2D eigenvalue weighted by Crippen LogP contribution is -2.17. The van der Waals surface area contributed by atoms with Crippen LogP contribution >= 0.6 is 11.8 Å². The third-order valence-corrected chi connectivity index (χ3v) is 3.24. The van der Waals surface area contributed by atoms with E-state index in [9.17, 15) is 13.2 Å². The first kappa shape index (κ1) is 11.6. The fraction of sp³-hybridized carbons (Fsp3) is 0.455. The van der Waals surface area contributed by atoms with Crippen molar-refractivity contribution in [2.75, 3.05) is 18.0 Å². The van der Waals surface area contributed by atoms with Gasteiger partial charge in [0.15, 0.2) is 0 Å². The second-order valence-corrected chi connectivity index (χ2v) is 4.88. The number of rotatable bonds is 2. The van der Waals surface area contributed by atoms with Gasteiger partial charge in [-0.3, -0.25) is 0 Å². The van der Waals surface area contributed by atoms with Gasteiger partial charge < -0.3 is 4.90 Å². The second kappa shape index (κ2) is 4.57. The molecule has 1 nitrogen and oxygen atoms in total. The quantitative estimate of drug-likeness (QED) is 0.729. The van der Waals surface area contributed by atoms with Crippen molar-refractivity contribution < 1.29 is 13.2 Å². The van der Waals surface area contributed by atoms with Crippen LogP contribution < -0.4 is 4.90 Å². The molecule has 0 aromatic heterocycles. The molecule has 1 saturated heterocycles. The maximum Gasteiger partial charge on any atom is 0.446 e. The van der Waals surface area contributed by atoms with Gasteiger partial charge in [0, 0.05) is 23.7 Å². The minimum atomic E-state index is -4.20. The maximum atomic E-state index is 12.2. The van der Waals surface area contributed by atoms with E-state index in [4.69, 9.17) is 0 Å². The van der Waals surface area contributed by atoms with E-state index < -0.39 is 5.51 Å². The maximum absolute atomic E-state index is 12.2. The highest BCUT2D eigenvalue weighted by Gasteiger charge is 2.29. The molecule has 0 aliphatic carbocycles. The van der Waals surface area contributed by atoms with Crippen LogP contribution in [0.5, 0.6) is 0 Å².